The summed E-state index contributed by atoms with van der Waals surface area (Å²) in [6.07, 6.45) is -0.0568. The van der Waals surface area contributed by atoms with Gasteiger partial charge in [-0.15, -0.1) is 0 Å². The van der Waals surface area contributed by atoms with Crippen molar-refractivity contribution < 1.29 is 14.7 Å². The zero-order valence-corrected chi connectivity index (χ0v) is 14.0. The van der Waals surface area contributed by atoms with Crippen LogP contribution in [0.2, 0.25) is 0 Å². The van der Waals surface area contributed by atoms with Crippen LogP contribution in [-0.2, 0) is 4.79 Å². The second kappa shape index (κ2) is 6.69. The number of hydrogen-bond acceptors (Lipinski definition) is 2. The molecule has 0 radical (unpaired) electrons. The molecule has 23 heavy (non-hydrogen) atoms. The Hall–Kier alpha value is -2.56. The third kappa shape index (κ3) is 3.44. The highest BCUT2D eigenvalue weighted by Gasteiger charge is 2.20. The van der Waals surface area contributed by atoms with Crippen molar-refractivity contribution in [1.29, 1.82) is 0 Å². The number of hydrogen-bond donors (Lipinski definition) is 1. The van der Waals surface area contributed by atoms with Gasteiger partial charge in [0, 0.05) is 30.7 Å². The number of benzene rings is 1. The van der Waals surface area contributed by atoms with Gasteiger partial charge in [-0.3, -0.25) is 9.59 Å². The molecule has 0 aliphatic heterocycles. The predicted molar refractivity (Wildman–Crippen MR) is 89.2 cm³/mol. The fourth-order valence-corrected chi connectivity index (χ4v) is 2.73. The summed E-state index contributed by atoms with van der Waals surface area (Å²) in [5, 5.41) is 8.75. The number of amides is 1. The van der Waals surface area contributed by atoms with Crippen molar-refractivity contribution >= 4 is 11.9 Å². The molecule has 2 rings (SSSR count). The smallest absolute Gasteiger partial charge is 0.305 e. The van der Waals surface area contributed by atoms with Crippen molar-refractivity contribution in [3.8, 4) is 5.69 Å². The molecule has 0 aliphatic carbocycles. The third-order valence-electron chi connectivity index (χ3n) is 4.03. The van der Waals surface area contributed by atoms with Gasteiger partial charge in [0.05, 0.1) is 12.0 Å². The van der Waals surface area contributed by atoms with Crippen LogP contribution in [0.5, 0.6) is 0 Å². The van der Waals surface area contributed by atoms with Crippen LogP contribution in [-0.4, -0.2) is 40.0 Å². The summed E-state index contributed by atoms with van der Waals surface area (Å²) in [5.41, 5.74) is 4.64. The van der Waals surface area contributed by atoms with Gasteiger partial charge in [0.2, 0.25) is 0 Å². The summed E-state index contributed by atoms with van der Waals surface area (Å²) in [5.74, 6) is -1.06. The highest BCUT2D eigenvalue weighted by Crippen LogP contribution is 2.24. The maximum absolute atomic E-state index is 12.6. The fourth-order valence-electron chi connectivity index (χ4n) is 2.73. The molecule has 1 heterocycles. The van der Waals surface area contributed by atoms with Gasteiger partial charge >= 0.3 is 5.97 Å². The fraction of sp³-hybridized carbons (Fsp3) is 0.333. The van der Waals surface area contributed by atoms with Crippen LogP contribution >= 0.6 is 0 Å². The first kappa shape index (κ1) is 16.8. The van der Waals surface area contributed by atoms with Crippen LogP contribution in [0.1, 0.15) is 33.7 Å². The molecule has 5 heteroatoms. The molecular formula is C18H22N2O3. The molecule has 1 N–H and O–H groups in total. The Morgan fingerprint density at radius 3 is 2.43 bits per heavy atom. The number of carbonyl (C=O) groups is 2. The number of nitrogens with zero attached hydrogens (tertiary/aromatic N) is 2. The number of carbonyl (C=O) groups excluding carboxylic acids is 1. The number of carboxylic acid groups (broad SMARTS) is 1. The number of aromatic nitrogens is 1. The van der Waals surface area contributed by atoms with E-state index in [9.17, 15) is 9.59 Å². The molecule has 0 aliphatic rings. The van der Waals surface area contributed by atoms with Crippen molar-refractivity contribution in [3.63, 3.8) is 0 Å². The maximum Gasteiger partial charge on any atom is 0.305 e. The lowest BCUT2D eigenvalue weighted by atomic mass is 10.2. The van der Waals surface area contributed by atoms with E-state index in [2.05, 4.69) is 4.57 Å². The third-order valence-corrected chi connectivity index (χ3v) is 4.03. The molecule has 0 spiro atoms. The first-order valence-electron chi connectivity index (χ1n) is 7.55. The van der Waals surface area contributed by atoms with Crippen molar-refractivity contribution in [2.24, 2.45) is 0 Å². The summed E-state index contributed by atoms with van der Waals surface area (Å²) < 4.78 is 2.06. The summed E-state index contributed by atoms with van der Waals surface area (Å²) in [7, 11) is 1.63. The Balaban J connectivity index is 2.36. The van der Waals surface area contributed by atoms with E-state index in [0.717, 1.165) is 22.6 Å². The molecule has 0 unspecified atom stereocenters. The van der Waals surface area contributed by atoms with Crippen LogP contribution < -0.4 is 0 Å². The summed E-state index contributed by atoms with van der Waals surface area (Å²) in [6.45, 7) is 6.11. The Kier molecular flexibility index (Phi) is 4.89. The van der Waals surface area contributed by atoms with E-state index >= 15 is 0 Å². The van der Waals surface area contributed by atoms with Gasteiger partial charge in [-0.2, -0.15) is 0 Å². The molecular weight excluding hydrogens is 292 g/mol. The topological polar surface area (TPSA) is 62.5 Å². The maximum atomic E-state index is 12.6. The van der Waals surface area contributed by atoms with Crippen molar-refractivity contribution in [2.75, 3.05) is 13.6 Å². The molecule has 5 nitrogen and oxygen atoms in total. The van der Waals surface area contributed by atoms with Gasteiger partial charge in [0.15, 0.2) is 0 Å². The van der Waals surface area contributed by atoms with E-state index < -0.39 is 5.97 Å². The van der Waals surface area contributed by atoms with Crippen LogP contribution in [0, 0.1) is 20.8 Å². The molecule has 1 amide bonds. The average molecular weight is 314 g/mol. The summed E-state index contributed by atoms with van der Waals surface area (Å²) >= 11 is 0. The van der Waals surface area contributed by atoms with Crippen molar-refractivity contribution in [2.45, 2.75) is 27.2 Å². The summed E-state index contributed by atoms with van der Waals surface area (Å²) in [6, 6.07) is 9.88. The molecule has 0 atom stereocenters. The Labute approximate surface area is 136 Å². The Bertz CT molecular complexity index is 747. The van der Waals surface area contributed by atoms with Crippen LogP contribution in [0.3, 0.4) is 0 Å². The monoisotopic (exact) mass is 314 g/mol. The molecule has 1 aromatic heterocycles. The van der Waals surface area contributed by atoms with Crippen LogP contribution in [0.4, 0.5) is 0 Å². The quantitative estimate of drug-likeness (QED) is 0.923. The van der Waals surface area contributed by atoms with Crippen molar-refractivity contribution in [3.05, 3.63) is 52.8 Å². The SMILES string of the molecule is Cc1ccccc1-n1c(C)cc(C(=O)N(C)CCC(=O)O)c1C. The van der Waals surface area contributed by atoms with Crippen molar-refractivity contribution in [1.82, 2.24) is 9.47 Å². The molecule has 0 fully saturated rings. The minimum absolute atomic E-state index is 0.0568. The first-order valence-corrected chi connectivity index (χ1v) is 7.55. The molecule has 0 saturated carbocycles. The lowest BCUT2D eigenvalue weighted by Crippen LogP contribution is -2.29. The number of aliphatic carboxylic acids is 1. The molecule has 0 bridgehead atoms. The van der Waals surface area contributed by atoms with Gasteiger partial charge in [0.1, 0.15) is 0 Å². The minimum Gasteiger partial charge on any atom is -0.481 e. The van der Waals surface area contributed by atoms with Gasteiger partial charge in [-0.1, -0.05) is 18.2 Å². The number of carboxylic acids is 1. The second-order valence-corrected chi connectivity index (χ2v) is 5.78. The zero-order chi connectivity index (χ0) is 17.1. The lowest BCUT2D eigenvalue weighted by Gasteiger charge is -2.17. The largest absolute Gasteiger partial charge is 0.481 e. The molecule has 2 aromatic rings. The number of rotatable bonds is 5. The normalized spacial score (nSPS) is 10.6. The second-order valence-electron chi connectivity index (χ2n) is 5.78. The van der Waals surface area contributed by atoms with E-state index in [1.165, 1.54) is 4.90 Å². The molecule has 0 saturated heterocycles. The highest BCUT2D eigenvalue weighted by molar-refractivity contribution is 5.96. The van der Waals surface area contributed by atoms with Gasteiger partial charge < -0.3 is 14.6 Å². The Morgan fingerprint density at radius 1 is 1.17 bits per heavy atom. The zero-order valence-electron chi connectivity index (χ0n) is 14.0. The number of aryl methyl sites for hydroxylation is 2. The Morgan fingerprint density at radius 2 is 1.83 bits per heavy atom. The van der Waals surface area contributed by atoms with Gasteiger partial charge in [-0.25, -0.2) is 0 Å². The highest BCUT2D eigenvalue weighted by atomic mass is 16.4. The van der Waals surface area contributed by atoms with Crippen LogP contribution in [0.15, 0.2) is 30.3 Å². The van der Waals surface area contributed by atoms with Crippen LogP contribution in [0.25, 0.3) is 5.69 Å². The van der Waals surface area contributed by atoms with Gasteiger partial charge in [0.25, 0.3) is 5.91 Å². The van der Waals surface area contributed by atoms with E-state index in [-0.39, 0.29) is 18.9 Å². The average Bonchev–Trinajstić information content (AvgIpc) is 2.79. The van der Waals surface area contributed by atoms with E-state index in [1.54, 1.807) is 7.05 Å². The number of para-hydroxylation sites is 1. The standard InChI is InChI=1S/C18H22N2O3/c1-12-7-5-6-8-16(12)20-13(2)11-15(14(20)3)18(23)19(4)10-9-17(21)22/h5-8,11H,9-10H2,1-4H3,(H,21,22). The van der Waals surface area contributed by atoms with E-state index in [4.69, 9.17) is 5.11 Å². The minimum atomic E-state index is -0.907. The predicted octanol–water partition coefficient (Wildman–Crippen LogP) is 2.95. The molecule has 1 aromatic carbocycles. The lowest BCUT2D eigenvalue weighted by molar-refractivity contribution is -0.137. The first-order chi connectivity index (χ1) is 10.8. The van der Waals surface area contributed by atoms with E-state index in [0.29, 0.717) is 5.56 Å². The summed E-state index contributed by atoms with van der Waals surface area (Å²) in [4.78, 5) is 24.7. The van der Waals surface area contributed by atoms with Gasteiger partial charge in [-0.05, 0) is 38.5 Å². The molecule has 122 valence electrons. The van der Waals surface area contributed by atoms with E-state index in [1.807, 2.05) is 51.1 Å².